The molecule has 0 aromatic heterocycles. The quantitative estimate of drug-likeness (QED) is 0.288. The highest BCUT2D eigenvalue weighted by molar-refractivity contribution is 6.32. The number of ether oxygens (including phenoxy) is 2. The van der Waals surface area contributed by atoms with Crippen molar-refractivity contribution in [2.45, 2.75) is 27.7 Å². The van der Waals surface area contributed by atoms with Gasteiger partial charge in [-0.1, -0.05) is 36.4 Å². The van der Waals surface area contributed by atoms with Gasteiger partial charge in [0.05, 0.1) is 22.5 Å². The minimum absolute atomic E-state index is 0.00517. The molecule has 1 aliphatic carbocycles. The van der Waals surface area contributed by atoms with Crippen molar-refractivity contribution in [2.75, 3.05) is 11.5 Å². The minimum Gasteiger partial charge on any atom is -0.451 e. The number of hydrogen-bond acceptors (Lipinski definition) is 6. The van der Waals surface area contributed by atoms with Crippen LogP contribution in [0.25, 0.3) is 0 Å². The monoisotopic (exact) mass is 478 g/mol. The summed E-state index contributed by atoms with van der Waals surface area (Å²) in [5, 5.41) is 0. The van der Waals surface area contributed by atoms with Gasteiger partial charge in [0.1, 0.15) is 11.5 Å². The van der Waals surface area contributed by atoms with Crippen molar-refractivity contribution in [1.29, 1.82) is 0 Å². The Morgan fingerprint density at radius 1 is 0.556 bits per heavy atom. The van der Waals surface area contributed by atoms with Gasteiger partial charge in [-0.2, -0.15) is 0 Å². The topological polar surface area (TPSA) is 105 Å². The first kappa shape index (κ1) is 23.2. The summed E-state index contributed by atoms with van der Waals surface area (Å²) in [6.07, 6.45) is 0. The molecule has 0 saturated heterocycles. The second kappa shape index (κ2) is 8.57. The highest BCUT2D eigenvalue weighted by atomic mass is 16.5. The van der Waals surface area contributed by atoms with Gasteiger partial charge in [-0.05, 0) is 74.2 Å². The van der Waals surface area contributed by atoms with Gasteiger partial charge in [0.25, 0.3) is 0 Å². The molecule has 180 valence electrons. The Balaban J connectivity index is 1.77. The number of ketones is 2. The number of nitrogens with two attached hydrogens (primary N) is 2. The van der Waals surface area contributed by atoms with Gasteiger partial charge in [-0.25, -0.2) is 0 Å². The normalized spacial score (nSPS) is 12.2. The lowest BCUT2D eigenvalue weighted by Crippen LogP contribution is -2.24. The van der Waals surface area contributed by atoms with E-state index in [9.17, 15) is 9.59 Å². The van der Waals surface area contributed by atoms with Crippen molar-refractivity contribution in [1.82, 2.24) is 0 Å². The third kappa shape index (κ3) is 3.86. The van der Waals surface area contributed by atoms with Crippen LogP contribution in [0.5, 0.6) is 23.0 Å². The summed E-state index contributed by atoms with van der Waals surface area (Å²) in [5.74, 6) is 0.449. The molecule has 0 saturated carbocycles. The lowest BCUT2D eigenvalue weighted by molar-refractivity contribution is 0.0980. The molecule has 4 aromatic rings. The predicted octanol–water partition coefficient (Wildman–Crippen LogP) is 6.44. The highest BCUT2D eigenvalue weighted by Crippen LogP contribution is 2.50. The number of nitrogen functional groups attached to an aromatic ring is 2. The van der Waals surface area contributed by atoms with Crippen molar-refractivity contribution >= 4 is 22.9 Å². The van der Waals surface area contributed by atoms with E-state index >= 15 is 0 Å². The molecule has 0 atom stereocenters. The van der Waals surface area contributed by atoms with Crippen LogP contribution < -0.4 is 20.9 Å². The fourth-order valence-electron chi connectivity index (χ4n) is 4.78. The first-order chi connectivity index (χ1) is 17.1. The maximum Gasteiger partial charge on any atom is 0.196 e. The maximum atomic E-state index is 13.5. The van der Waals surface area contributed by atoms with Crippen LogP contribution in [-0.4, -0.2) is 11.6 Å². The number of carbonyl (C=O) groups is 2. The predicted molar refractivity (Wildman–Crippen MR) is 141 cm³/mol. The van der Waals surface area contributed by atoms with E-state index in [1.54, 1.807) is 24.3 Å². The average molecular weight is 479 g/mol. The Hall–Kier alpha value is -4.58. The van der Waals surface area contributed by atoms with Crippen LogP contribution in [0, 0.1) is 27.7 Å². The lowest BCUT2D eigenvalue weighted by atomic mass is 9.82. The summed E-state index contributed by atoms with van der Waals surface area (Å²) < 4.78 is 12.5. The molecular weight excluding hydrogens is 452 g/mol. The molecule has 36 heavy (non-hydrogen) atoms. The van der Waals surface area contributed by atoms with E-state index in [0.717, 1.165) is 22.3 Å². The van der Waals surface area contributed by atoms with Crippen molar-refractivity contribution in [3.63, 3.8) is 0 Å². The number of aryl methyl sites for hydroxylation is 4. The van der Waals surface area contributed by atoms with Gasteiger partial charge in [-0.15, -0.1) is 0 Å². The molecule has 0 unspecified atom stereocenters. The summed E-state index contributed by atoms with van der Waals surface area (Å²) in [6.45, 7) is 7.82. The molecule has 0 heterocycles. The van der Waals surface area contributed by atoms with Crippen LogP contribution in [0.1, 0.15) is 54.1 Å². The van der Waals surface area contributed by atoms with Gasteiger partial charge in [0.2, 0.25) is 0 Å². The maximum absolute atomic E-state index is 13.5. The molecule has 5 rings (SSSR count). The van der Waals surface area contributed by atoms with Gasteiger partial charge >= 0.3 is 0 Å². The Kier molecular flexibility index (Phi) is 5.52. The van der Waals surface area contributed by atoms with Crippen molar-refractivity contribution in [2.24, 2.45) is 0 Å². The first-order valence-corrected chi connectivity index (χ1v) is 11.6. The molecule has 0 fully saturated rings. The van der Waals surface area contributed by atoms with Crippen molar-refractivity contribution in [3.8, 4) is 23.0 Å². The molecule has 6 heteroatoms. The van der Waals surface area contributed by atoms with E-state index in [4.69, 9.17) is 20.9 Å². The molecule has 0 bridgehead atoms. The van der Waals surface area contributed by atoms with Gasteiger partial charge in [0.15, 0.2) is 23.1 Å². The van der Waals surface area contributed by atoms with Crippen LogP contribution in [-0.2, 0) is 0 Å². The Morgan fingerprint density at radius 2 is 0.889 bits per heavy atom. The van der Waals surface area contributed by atoms with Gasteiger partial charge in [-0.3, -0.25) is 9.59 Å². The summed E-state index contributed by atoms with van der Waals surface area (Å²) in [7, 11) is 0. The Morgan fingerprint density at radius 3 is 1.22 bits per heavy atom. The van der Waals surface area contributed by atoms with Crippen molar-refractivity contribution < 1.29 is 19.1 Å². The minimum atomic E-state index is -0.382. The summed E-state index contributed by atoms with van der Waals surface area (Å²) in [4.78, 5) is 27.0. The van der Waals surface area contributed by atoms with Crippen LogP contribution >= 0.6 is 0 Å². The fraction of sp³-hybridized carbons (Fsp3) is 0.133. The van der Waals surface area contributed by atoms with Crippen LogP contribution in [0.2, 0.25) is 0 Å². The number of carbonyl (C=O) groups excluding carboxylic acids is 2. The van der Waals surface area contributed by atoms with Gasteiger partial charge < -0.3 is 20.9 Å². The number of fused-ring (bicyclic) bond motifs is 2. The number of rotatable bonds is 4. The van der Waals surface area contributed by atoms with E-state index in [-0.39, 0.29) is 56.7 Å². The third-order valence-corrected chi connectivity index (χ3v) is 6.18. The zero-order valence-electron chi connectivity index (χ0n) is 20.6. The summed E-state index contributed by atoms with van der Waals surface area (Å²) in [6, 6.07) is 18.1. The Bertz CT molecular complexity index is 1430. The largest absolute Gasteiger partial charge is 0.451 e. The van der Waals surface area contributed by atoms with Gasteiger partial charge in [0, 0.05) is 11.1 Å². The molecule has 0 amide bonds. The second-order valence-corrected chi connectivity index (χ2v) is 9.29. The molecule has 4 N–H and O–H groups in total. The second-order valence-electron chi connectivity index (χ2n) is 9.29. The van der Waals surface area contributed by atoms with Crippen LogP contribution in [0.15, 0.2) is 60.7 Å². The zero-order valence-corrected chi connectivity index (χ0v) is 20.6. The van der Waals surface area contributed by atoms with E-state index in [1.165, 1.54) is 0 Å². The molecule has 6 nitrogen and oxygen atoms in total. The standard InChI is InChI=1S/C30H26N2O4/c1-15-9-16(2)12-19(11-15)35-29-25(31)23-24(28(34)22-8-6-5-7-21(22)27(23)33)26(32)30(29)36-20-13-17(3)10-18(4)14-20/h5-14H,31-32H2,1-4H3. The van der Waals surface area contributed by atoms with Crippen LogP contribution in [0.4, 0.5) is 11.4 Å². The third-order valence-electron chi connectivity index (χ3n) is 6.18. The average Bonchev–Trinajstić information content (AvgIpc) is 2.80. The van der Waals surface area contributed by atoms with E-state index in [2.05, 4.69) is 0 Å². The molecule has 0 radical (unpaired) electrons. The number of anilines is 2. The summed E-state index contributed by atoms with van der Waals surface area (Å²) in [5.41, 5.74) is 17.8. The van der Waals surface area contributed by atoms with E-state index in [0.29, 0.717) is 11.5 Å². The molecule has 0 spiro atoms. The number of benzene rings is 4. The van der Waals surface area contributed by atoms with E-state index < -0.39 is 0 Å². The lowest BCUT2D eigenvalue weighted by Gasteiger charge is -2.25. The summed E-state index contributed by atoms with van der Waals surface area (Å²) >= 11 is 0. The zero-order chi connectivity index (χ0) is 25.7. The molecule has 4 aromatic carbocycles. The Labute approximate surface area is 209 Å². The fourth-order valence-corrected chi connectivity index (χ4v) is 4.78. The number of hydrogen-bond donors (Lipinski definition) is 2. The van der Waals surface area contributed by atoms with Crippen LogP contribution in [0.3, 0.4) is 0 Å². The molecule has 1 aliphatic rings. The molecular formula is C30H26N2O4. The van der Waals surface area contributed by atoms with E-state index in [1.807, 2.05) is 64.1 Å². The molecule has 0 aliphatic heterocycles. The van der Waals surface area contributed by atoms with Crippen molar-refractivity contribution in [3.05, 3.63) is 105 Å². The first-order valence-electron chi connectivity index (χ1n) is 11.6. The SMILES string of the molecule is Cc1cc(C)cc(Oc2c(N)c3c(c(N)c2Oc2cc(C)cc(C)c2)C(=O)c2ccccc2C3=O)c1. The highest BCUT2D eigenvalue weighted by Gasteiger charge is 2.37. The smallest absolute Gasteiger partial charge is 0.196 e.